The predicted molar refractivity (Wildman–Crippen MR) is 140 cm³/mol. The molecule has 32 heavy (non-hydrogen) atoms. The van der Waals surface area contributed by atoms with Crippen molar-refractivity contribution >= 4 is 8.32 Å². The quantitative estimate of drug-likeness (QED) is 0.333. The lowest BCUT2D eigenvalue weighted by Crippen LogP contribution is -2.45. The molecule has 3 aliphatic rings. The first-order chi connectivity index (χ1) is 14.8. The van der Waals surface area contributed by atoms with Crippen LogP contribution in [-0.2, 0) is 4.43 Å². The summed E-state index contributed by atoms with van der Waals surface area (Å²) in [5.74, 6) is 2.26. The SMILES string of the molecule is C=C1[C@H](C)C/C(=C/C=C2\CCC[C@]3(C)[C@@H]([C@H](C)CO)CC[C@@H]23)C[C@H]1O[Si](C)(C)C(C)(C)C. The second-order valence-electron chi connectivity index (χ2n) is 13.1. The van der Waals surface area contributed by atoms with E-state index in [0.717, 1.165) is 12.8 Å². The van der Waals surface area contributed by atoms with Crippen LogP contribution in [0.25, 0.3) is 0 Å². The van der Waals surface area contributed by atoms with Crippen molar-refractivity contribution in [2.75, 3.05) is 6.61 Å². The van der Waals surface area contributed by atoms with E-state index >= 15 is 0 Å². The standard InChI is InChI=1S/C29H50O2Si/c1-20-17-23(18-27(22(20)3)31-32(8,9)28(4,5)6)12-13-24-11-10-16-29(7)25(21(2)19-30)14-15-26(24)29/h12-13,20-21,25-27,30H,3,10-11,14-19H2,1-2,4-9H3/b23-12-,24-13+/t20-,21-,25-,26+,27-,29-/m1/s1. The number of rotatable bonds is 5. The number of aliphatic hydroxyl groups is 1. The van der Waals surface area contributed by atoms with Gasteiger partial charge in [0.05, 0.1) is 6.10 Å². The summed E-state index contributed by atoms with van der Waals surface area (Å²) in [5.41, 5.74) is 4.86. The van der Waals surface area contributed by atoms with Gasteiger partial charge in [0.2, 0.25) is 0 Å². The van der Waals surface area contributed by atoms with Crippen LogP contribution >= 0.6 is 0 Å². The molecule has 3 aliphatic carbocycles. The molecular weight excluding hydrogens is 408 g/mol. The zero-order valence-electron chi connectivity index (χ0n) is 22.3. The van der Waals surface area contributed by atoms with Crippen molar-refractivity contribution in [2.24, 2.45) is 29.1 Å². The van der Waals surface area contributed by atoms with Gasteiger partial charge in [-0.25, -0.2) is 0 Å². The maximum Gasteiger partial charge on any atom is 0.192 e. The van der Waals surface area contributed by atoms with Crippen LogP contribution in [-0.4, -0.2) is 26.1 Å². The van der Waals surface area contributed by atoms with Crippen molar-refractivity contribution in [3.8, 4) is 0 Å². The molecule has 0 aromatic heterocycles. The lowest BCUT2D eigenvalue weighted by Gasteiger charge is -2.44. The van der Waals surface area contributed by atoms with E-state index in [1.54, 1.807) is 5.57 Å². The van der Waals surface area contributed by atoms with Gasteiger partial charge in [-0.3, -0.25) is 0 Å². The van der Waals surface area contributed by atoms with E-state index in [4.69, 9.17) is 4.43 Å². The summed E-state index contributed by atoms with van der Waals surface area (Å²) in [6.07, 6.45) is 13.7. The van der Waals surface area contributed by atoms with Crippen molar-refractivity contribution in [2.45, 2.75) is 111 Å². The van der Waals surface area contributed by atoms with Crippen molar-refractivity contribution in [1.29, 1.82) is 0 Å². The maximum atomic E-state index is 9.80. The Bertz CT molecular complexity index is 756. The Morgan fingerprint density at radius 2 is 1.91 bits per heavy atom. The van der Waals surface area contributed by atoms with Crippen LogP contribution < -0.4 is 0 Å². The van der Waals surface area contributed by atoms with Crippen molar-refractivity contribution < 1.29 is 9.53 Å². The van der Waals surface area contributed by atoms with Crippen LogP contribution in [0.4, 0.5) is 0 Å². The number of allylic oxidation sites excluding steroid dienone is 3. The van der Waals surface area contributed by atoms with E-state index in [1.165, 1.54) is 43.3 Å². The molecule has 3 heteroatoms. The molecule has 2 nitrogen and oxygen atoms in total. The smallest absolute Gasteiger partial charge is 0.192 e. The minimum atomic E-state index is -1.82. The fourth-order valence-corrected chi connectivity index (χ4v) is 7.95. The maximum absolute atomic E-state index is 9.80. The van der Waals surface area contributed by atoms with Gasteiger partial charge in [-0.05, 0) is 97.7 Å². The average Bonchev–Trinajstić information content (AvgIpc) is 3.05. The van der Waals surface area contributed by atoms with Gasteiger partial charge in [0.1, 0.15) is 0 Å². The third-order valence-corrected chi connectivity index (χ3v) is 14.3. The van der Waals surface area contributed by atoms with Crippen molar-refractivity contribution in [3.63, 3.8) is 0 Å². The van der Waals surface area contributed by atoms with Gasteiger partial charge in [-0.15, -0.1) is 0 Å². The van der Waals surface area contributed by atoms with Gasteiger partial charge < -0.3 is 9.53 Å². The van der Waals surface area contributed by atoms with Crippen LogP contribution in [0, 0.1) is 29.1 Å². The van der Waals surface area contributed by atoms with Crippen LogP contribution in [0.1, 0.15) is 86.5 Å². The minimum absolute atomic E-state index is 0.169. The van der Waals surface area contributed by atoms with Crippen LogP contribution in [0.15, 0.2) is 35.5 Å². The Balaban J connectivity index is 1.78. The first kappa shape index (κ1) is 26.0. The molecule has 3 fully saturated rings. The van der Waals surface area contributed by atoms with E-state index in [2.05, 4.69) is 73.4 Å². The fourth-order valence-electron chi connectivity index (χ4n) is 6.65. The summed E-state index contributed by atoms with van der Waals surface area (Å²) >= 11 is 0. The van der Waals surface area contributed by atoms with Crippen molar-refractivity contribution in [3.05, 3.63) is 35.5 Å². The summed E-state index contributed by atoms with van der Waals surface area (Å²) in [5, 5.41) is 10.0. The second kappa shape index (κ2) is 9.54. The molecule has 0 aromatic rings. The molecule has 3 rings (SSSR count). The first-order valence-corrected chi connectivity index (χ1v) is 16.1. The molecule has 3 saturated carbocycles. The zero-order chi connectivity index (χ0) is 23.9. The van der Waals surface area contributed by atoms with E-state index in [-0.39, 0.29) is 11.1 Å². The molecule has 0 amide bonds. The highest BCUT2D eigenvalue weighted by Gasteiger charge is 2.50. The summed E-state index contributed by atoms with van der Waals surface area (Å²) in [6, 6.07) is 0. The van der Waals surface area contributed by atoms with Gasteiger partial charge in [0.15, 0.2) is 8.32 Å². The van der Waals surface area contributed by atoms with E-state index in [1.807, 2.05) is 0 Å². The summed E-state index contributed by atoms with van der Waals surface area (Å²) in [6.45, 7) is 23.5. The largest absolute Gasteiger partial charge is 0.410 e. The van der Waals surface area contributed by atoms with Gasteiger partial charge >= 0.3 is 0 Å². The zero-order valence-corrected chi connectivity index (χ0v) is 23.3. The third kappa shape index (κ3) is 5.05. The van der Waals surface area contributed by atoms with Crippen LogP contribution in [0.5, 0.6) is 0 Å². The number of aliphatic hydroxyl groups excluding tert-OH is 1. The van der Waals surface area contributed by atoms with Gasteiger partial charge in [0, 0.05) is 6.61 Å². The fraction of sp³-hybridized carbons (Fsp3) is 0.793. The summed E-state index contributed by atoms with van der Waals surface area (Å²) in [7, 11) is -1.82. The molecule has 0 aliphatic heterocycles. The Labute approximate surface area is 199 Å². The summed E-state index contributed by atoms with van der Waals surface area (Å²) < 4.78 is 6.84. The summed E-state index contributed by atoms with van der Waals surface area (Å²) in [4.78, 5) is 0. The lowest BCUT2D eigenvalue weighted by atomic mass is 9.61. The Hall–Kier alpha value is -0.643. The average molecular weight is 459 g/mol. The van der Waals surface area contributed by atoms with Crippen molar-refractivity contribution in [1.82, 2.24) is 0 Å². The Morgan fingerprint density at radius 1 is 1.22 bits per heavy atom. The van der Waals surface area contributed by atoms with Gasteiger partial charge in [-0.1, -0.05) is 71.4 Å². The Morgan fingerprint density at radius 3 is 2.53 bits per heavy atom. The second-order valence-corrected chi connectivity index (χ2v) is 17.8. The molecule has 0 heterocycles. The highest BCUT2D eigenvalue weighted by Crippen LogP contribution is 2.59. The third-order valence-electron chi connectivity index (χ3n) is 9.85. The molecule has 0 aromatic carbocycles. The molecule has 182 valence electrons. The predicted octanol–water partition coefficient (Wildman–Crippen LogP) is 8.06. The molecule has 0 radical (unpaired) electrons. The topological polar surface area (TPSA) is 29.5 Å². The molecule has 1 N–H and O–H groups in total. The van der Waals surface area contributed by atoms with Crippen LogP contribution in [0.2, 0.25) is 18.1 Å². The normalized spacial score (nSPS) is 37.7. The highest BCUT2D eigenvalue weighted by molar-refractivity contribution is 6.74. The number of hydrogen-bond acceptors (Lipinski definition) is 2. The molecule has 0 unspecified atom stereocenters. The lowest BCUT2D eigenvalue weighted by molar-refractivity contribution is 0.0690. The molecule has 6 atom stereocenters. The number of fused-ring (bicyclic) bond motifs is 1. The van der Waals surface area contributed by atoms with E-state index in [9.17, 15) is 5.11 Å². The molecule has 0 saturated heterocycles. The van der Waals surface area contributed by atoms with Crippen LogP contribution in [0.3, 0.4) is 0 Å². The van der Waals surface area contributed by atoms with Gasteiger partial charge in [-0.2, -0.15) is 0 Å². The van der Waals surface area contributed by atoms with E-state index in [0.29, 0.717) is 35.7 Å². The monoisotopic (exact) mass is 458 g/mol. The minimum Gasteiger partial charge on any atom is -0.410 e. The number of hydrogen-bond donors (Lipinski definition) is 1. The molecule has 0 bridgehead atoms. The molecular formula is C29H50O2Si. The molecule has 0 spiro atoms. The van der Waals surface area contributed by atoms with E-state index < -0.39 is 8.32 Å². The highest BCUT2D eigenvalue weighted by atomic mass is 28.4. The Kier molecular flexibility index (Phi) is 7.75. The first-order valence-electron chi connectivity index (χ1n) is 13.2. The van der Waals surface area contributed by atoms with Gasteiger partial charge in [0.25, 0.3) is 0 Å².